The Balaban J connectivity index is 1.71. The standard InChI is InChI=1S/C18H21N5/c1-12-4-3-5-14-13(12)6-7-20-18(14)23-8-15(16(19)9-23)17-10-22(2)11-21-17/h3-7,10-11,15-16H,8-9,19H2,1-2H3/t15-,16-/m1/s1. The fourth-order valence-electron chi connectivity index (χ4n) is 3.54. The Morgan fingerprint density at radius 2 is 2.00 bits per heavy atom. The quantitative estimate of drug-likeness (QED) is 0.788. The SMILES string of the molecule is Cc1cccc2c(N3C[C@@H](N)[C@H](c4cn(C)cn4)C3)nccc12. The number of fused-ring (bicyclic) bond motifs is 1. The van der Waals surface area contributed by atoms with Gasteiger partial charge in [0, 0.05) is 49.9 Å². The third kappa shape index (κ3) is 2.37. The van der Waals surface area contributed by atoms with E-state index in [1.54, 1.807) is 0 Å². The summed E-state index contributed by atoms with van der Waals surface area (Å²) in [6.07, 6.45) is 5.79. The van der Waals surface area contributed by atoms with Crippen molar-refractivity contribution in [3.63, 3.8) is 0 Å². The van der Waals surface area contributed by atoms with E-state index in [2.05, 4.69) is 52.3 Å². The number of hydrogen-bond donors (Lipinski definition) is 1. The lowest BCUT2D eigenvalue weighted by molar-refractivity contribution is 0.639. The largest absolute Gasteiger partial charge is 0.354 e. The van der Waals surface area contributed by atoms with Gasteiger partial charge in [0.05, 0.1) is 12.0 Å². The highest BCUT2D eigenvalue weighted by atomic mass is 15.2. The van der Waals surface area contributed by atoms with Crippen LogP contribution in [0, 0.1) is 6.92 Å². The summed E-state index contributed by atoms with van der Waals surface area (Å²) >= 11 is 0. The van der Waals surface area contributed by atoms with Crippen LogP contribution < -0.4 is 10.6 Å². The van der Waals surface area contributed by atoms with Crippen molar-refractivity contribution in [2.24, 2.45) is 12.8 Å². The van der Waals surface area contributed by atoms with E-state index in [9.17, 15) is 0 Å². The molecule has 2 N–H and O–H groups in total. The maximum absolute atomic E-state index is 6.40. The molecule has 1 aromatic carbocycles. The summed E-state index contributed by atoms with van der Waals surface area (Å²) in [7, 11) is 1.99. The number of benzene rings is 1. The van der Waals surface area contributed by atoms with Gasteiger partial charge in [0.25, 0.3) is 0 Å². The average Bonchev–Trinajstić information content (AvgIpc) is 3.13. The van der Waals surface area contributed by atoms with Gasteiger partial charge in [-0.3, -0.25) is 0 Å². The van der Waals surface area contributed by atoms with Crippen molar-refractivity contribution in [2.45, 2.75) is 18.9 Å². The normalized spacial score (nSPS) is 21.3. The molecular formula is C18H21N5. The van der Waals surface area contributed by atoms with Crippen LogP contribution in [0.1, 0.15) is 17.2 Å². The molecule has 3 aromatic rings. The zero-order chi connectivity index (χ0) is 16.0. The number of rotatable bonds is 2. The number of anilines is 1. The van der Waals surface area contributed by atoms with E-state index < -0.39 is 0 Å². The molecule has 1 saturated heterocycles. The first-order valence-electron chi connectivity index (χ1n) is 7.96. The van der Waals surface area contributed by atoms with Crippen LogP contribution in [0.3, 0.4) is 0 Å². The Bertz CT molecular complexity index is 853. The number of aromatic nitrogens is 3. The average molecular weight is 307 g/mol. The summed E-state index contributed by atoms with van der Waals surface area (Å²) in [5.74, 6) is 1.28. The van der Waals surface area contributed by atoms with Crippen LogP contribution in [0.4, 0.5) is 5.82 Å². The molecule has 23 heavy (non-hydrogen) atoms. The zero-order valence-electron chi connectivity index (χ0n) is 13.5. The molecule has 0 unspecified atom stereocenters. The van der Waals surface area contributed by atoms with Gasteiger partial charge in [0.15, 0.2) is 0 Å². The van der Waals surface area contributed by atoms with Gasteiger partial charge in [0.1, 0.15) is 5.82 Å². The second-order valence-corrected chi connectivity index (χ2v) is 6.44. The second-order valence-electron chi connectivity index (χ2n) is 6.44. The van der Waals surface area contributed by atoms with Crippen LogP contribution in [-0.4, -0.2) is 33.7 Å². The molecule has 118 valence electrons. The first kappa shape index (κ1) is 14.2. The Morgan fingerprint density at radius 1 is 1.13 bits per heavy atom. The smallest absolute Gasteiger partial charge is 0.136 e. The van der Waals surface area contributed by atoms with Crippen LogP contribution in [0.25, 0.3) is 10.8 Å². The van der Waals surface area contributed by atoms with Gasteiger partial charge in [-0.2, -0.15) is 0 Å². The van der Waals surface area contributed by atoms with E-state index in [0.29, 0.717) is 0 Å². The minimum absolute atomic E-state index is 0.0757. The first-order valence-corrected chi connectivity index (χ1v) is 7.96. The predicted octanol–water partition coefficient (Wildman–Crippen LogP) is 2.21. The second kappa shape index (κ2) is 5.35. The summed E-state index contributed by atoms with van der Waals surface area (Å²) in [6, 6.07) is 8.53. The molecule has 1 fully saturated rings. The molecular weight excluding hydrogens is 286 g/mol. The fraction of sp³-hybridized carbons (Fsp3) is 0.333. The molecule has 0 aliphatic carbocycles. The number of aryl methyl sites for hydroxylation is 2. The van der Waals surface area contributed by atoms with Gasteiger partial charge < -0.3 is 15.2 Å². The van der Waals surface area contributed by atoms with Gasteiger partial charge in [-0.05, 0) is 23.9 Å². The minimum Gasteiger partial charge on any atom is -0.354 e. The van der Waals surface area contributed by atoms with Gasteiger partial charge in [-0.1, -0.05) is 18.2 Å². The van der Waals surface area contributed by atoms with Crippen molar-refractivity contribution in [1.29, 1.82) is 0 Å². The lowest BCUT2D eigenvalue weighted by Gasteiger charge is -2.19. The number of pyridine rings is 1. The van der Waals surface area contributed by atoms with Crippen LogP contribution in [0.2, 0.25) is 0 Å². The summed E-state index contributed by atoms with van der Waals surface area (Å²) in [6.45, 7) is 3.80. The highest BCUT2D eigenvalue weighted by Crippen LogP contribution is 2.33. The third-order valence-electron chi connectivity index (χ3n) is 4.77. The van der Waals surface area contributed by atoms with Gasteiger partial charge in [-0.15, -0.1) is 0 Å². The van der Waals surface area contributed by atoms with Crippen LogP contribution in [-0.2, 0) is 7.05 Å². The monoisotopic (exact) mass is 307 g/mol. The molecule has 2 atom stereocenters. The summed E-state index contributed by atoms with van der Waals surface area (Å²) < 4.78 is 1.98. The van der Waals surface area contributed by atoms with Gasteiger partial charge >= 0.3 is 0 Å². The number of imidazole rings is 1. The highest BCUT2D eigenvalue weighted by Gasteiger charge is 2.34. The molecule has 0 saturated carbocycles. The molecule has 0 radical (unpaired) electrons. The fourth-order valence-corrected chi connectivity index (χ4v) is 3.54. The topological polar surface area (TPSA) is 60.0 Å². The van der Waals surface area contributed by atoms with E-state index in [4.69, 9.17) is 5.73 Å². The molecule has 0 amide bonds. The van der Waals surface area contributed by atoms with E-state index in [0.717, 1.165) is 24.6 Å². The van der Waals surface area contributed by atoms with Crippen molar-refractivity contribution in [3.05, 3.63) is 54.2 Å². The highest BCUT2D eigenvalue weighted by molar-refractivity contribution is 5.94. The third-order valence-corrected chi connectivity index (χ3v) is 4.77. The summed E-state index contributed by atoms with van der Waals surface area (Å²) in [5, 5.41) is 2.45. The minimum atomic E-state index is 0.0757. The van der Waals surface area contributed by atoms with E-state index >= 15 is 0 Å². The van der Waals surface area contributed by atoms with E-state index in [-0.39, 0.29) is 12.0 Å². The zero-order valence-corrected chi connectivity index (χ0v) is 13.5. The summed E-state index contributed by atoms with van der Waals surface area (Å²) in [4.78, 5) is 11.4. The molecule has 0 bridgehead atoms. The molecule has 2 aromatic heterocycles. The molecule has 5 nitrogen and oxygen atoms in total. The lowest BCUT2D eigenvalue weighted by Crippen LogP contribution is -2.29. The Labute approximate surface area is 135 Å². The molecule has 1 aliphatic heterocycles. The van der Waals surface area contributed by atoms with Crippen LogP contribution in [0.5, 0.6) is 0 Å². The number of hydrogen-bond acceptors (Lipinski definition) is 4. The van der Waals surface area contributed by atoms with Gasteiger partial charge in [0.2, 0.25) is 0 Å². The van der Waals surface area contributed by atoms with Crippen molar-refractivity contribution in [1.82, 2.24) is 14.5 Å². The molecule has 3 heterocycles. The Morgan fingerprint density at radius 3 is 2.78 bits per heavy atom. The lowest BCUT2D eigenvalue weighted by atomic mass is 10.0. The maximum atomic E-state index is 6.40. The van der Waals surface area contributed by atoms with Crippen molar-refractivity contribution in [2.75, 3.05) is 18.0 Å². The van der Waals surface area contributed by atoms with Crippen molar-refractivity contribution < 1.29 is 0 Å². The van der Waals surface area contributed by atoms with E-state index in [1.165, 1.54) is 16.3 Å². The molecule has 4 rings (SSSR count). The van der Waals surface area contributed by atoms with Crippen LogP contribution >= 0.6 is 0 Å². The molecule has 5 heteroatoms. The summed E-state index contributed by atoms with van der Waals surface area (Å²) in [5.41, 5.74) is 8.75. The van der Waals surface area contributed by atoms with Crippen molar-refractivity contribution >= 4 is 16.6 Å². The number of nitrogens with two attached hydrogens (primary N) is 1. The first-order chi connectivity index (χ1) is 11.1. The number of nitrogens with zero attached hydrogens (tertiary/aromatic N) is 4. The maximum Gasteiger partial charge on any atom is 0.136 e. The Hall–Kier alpha value is -2.40. The molecule has 0 spiro atoms. The predicted molar refractivity (Wildman–Crippen MR) is 92.6 cm³/mol. The van der Waals surface area contributed by atoms with Gasteiger partial charge in [-0.25, -0.2) is 9.97 Å². The molecule has 1 aliphatic rings. The van der Waals surface area contributed by atoms with E-state index in [1.807, 2.05) is 24.1 Å². The Kier molecular flexibility index (Phi) is 3.31. The van der Waals surface area contributed by atoms with Crippen LogP contribution in [0.15, 0.2) is 43.0 Å². The van der Waals surface area contributed by atoms with Crippen molar-refractivity contribution in [3.8, 4) is 0 Å².